The summed E-state index contributed by atoms with van der Waals surface area (Å²) in [6.07, 6.45) is 6.38. The Morgan fingerprint density at radius 2 is 1.86 bits per heavy atom. The lowest BCUT2D eigenvalue weighted by atomic mass is 9.96. The van der Waals surface area contributed by atoms with E-state index in [2.05, 4.69) is 37.5 Å². The van der Waals surface area contributed by atoms with Gasteiger partial charge >= 0.3 is 0 Å². The number of piperidine rings is 1. The number of hydrogen-bond acceptors (Lipinski definition) is 7. The lowest BCUT2D eigenvalue weighted by molar-refractivity contribution is 0.0700. The average molecular weight is 657 g/mol. The number of carbonyl (C=O) groups is 2. The molecule has 6 heterocycles. The standard InChI is InChI=1S/C38H40N8O3/c1-49-32-14-25(38(48)45-20-24-9-10-30(45)33(24)39)12-28-34(32)46(19-22-16-43(17-22)29-6-2-5-26-27(29)15-41-37(26)47)36(42-28)31-13-23-4-3-11-40-35(23)44(31)18-21-7-8-21/h2-6,11-14,21-22,24,30,33H,7-10,15-20,39H2,1H3,(H,41,47)/t24?,30?,33-/m1/s1. The minimum absolute atomic E-state index is 0.00370. The molecule has 11 heteroatoms. The second-order valence-electron chi connectivity index (χ2n) is 14.8. The maximum atomic E-state index is 14.0. The highest BCUT2D eigenvalue weighted by Gasteiger charge is 2.47. The minimum atomic E-state index is 0.00370. The van der Waals surface area contributed by atoms with Crippen molar-refractivity contribution in [3.05, 3.63) is 71.4 Å². The number of aromatic nitrogens is 4. The molecule has 2 unspecified atom stereocenters. The van der Waals surface area contributed by atoms with Crippen LogP contribution in [0.15, 0.2) is 54.7 Å². The zero-order valence-electron chi connectivity index (χ0n) is 27.6. The van der Waals surface area contributed by atoms with Crippen molar-refractivity contribution in [2.75, 3.05) is 31.6 Å². The summed E-state index contributed by atoms with van der Waals surface area (Å²) in [4.78, 5) is 40.8. The number of likely N-dealkylation sites (tertiary alicyclic amines) is 1. The second kappa shape index (κ2) is 10.8. The van der Waals surface area contributed by atoms with E-state index in [1.165, 1.54) is 12.8 Å². The Bertz CT molecular complexity index is 2180. The second-order valence-corrected chi connectivity index (χ2v) is 14.8. The zero-order valence-corrected chi connectivity index (χ0v) is 27.6. The first-order valence-electron chi connectivity index (χ1n) is 17.7. The average Bonchev–Trinajstić information content (AvgIpc) is 3.34. The fraction of sp³-hybridized carbons (Fsp3) is 0.421. The number of pyridine rings is 1. The minimum Gasteiger partial charge on any atom is -0.494 e. The lowest BCUT2D eigenvalue weighted by Crippen LogP contribution is -2.49. The third kappa shape index (κ3) is 4.51. The summed E-state index contributed by atoms with van der Waals surface area (Å²) < 4.78 is 10.7. The molecule has 2 saturated heterocycles. The van der Waals surface area contributed by atoms with Crippen molar-refractivity contribution < 1.29 is 14.3 Å². The number of nitrogens with two attached hydrogens (primary N) is 1. The number of nitrogens with one attached hydrogen (secondary N) is 1. The molecule has 250 valence electrons. The Morgan fingerprint density at radius 1 is 1.00 bits per heavy atom. The van der Waals surface area contributed by atoms with Gasteiger partial charge in [-0.15, -0.1) is 0 Å². The number of ether oxygens (including phenoxy) is 1. The smallest absolute Gasteiger partial charge is 0.254 e. The van der Waals surface area contributed by atoms with Crippen LogP contribution in [0, 0.1) is 17.8 Å². The van der Waals surface area contributed by atoms with E-state index in [1.54, 1.807) is 7.11 Å². The SMILES string of the molecule is COc1cc(C(=O)N2CC3CCC2[C@@H]3N)cc2nc(-c3cc4cccnc4n3CC3CC3)n(CC3CN(c4cccc5c4CNC5=O)C3)c12. The molecule has 2 amide bonds. The van der Waals surface area contributed by atoms with Gasteiger partial charge in [0.15, 0.2) is 5.82 Å². The van der Waals surface area contributed by atoms with Crippen molar-refractivity contribution in [1.29, 1.82) is 0 Å². The van der Waals surface area contributed by atoms with Crippen LogP contribution in [0.2, 0.25) is 0 Å². The van der Waals surface area contributed by atoms with E-state index >= 15 is 0 Å². The zero-order chi connectivity index (χ0) is 33.0. The summed E-state index contributed by atoms with van der Waals surface area (Å²) in [5, 5.41) is 4.07. The van der Waals surface area contributed by atoms with Crippen molar-refractivity contribution >= 4 is 39.6 Å². The highest BCUT2D eigenvalue weighted by Crippen LogP contribution is 2.41. The summed E-state index contributed by atoms with van der Waals surface area (Å²) in [5.41, 5.74) is 13.8. The van der Waals surface area contributed by atoms with Crippen LogP contribution in [-0.4, -0.2) is 74.6 Å². The molecule has 3 N–H and O–H groups in total. The van der Waals surface area contributed by atoms with Crippen molar-refractivity contribution in [2.24, 2.45) is 23.5 Å². The Morgan fingerprint density at radius 3 is 2.63 bits per heavy atom. The summed E-state index contributed by atoms with van der Waals surface area (Å²) in [7, 11) is 1.68. The molecule has 2 aromatic carbocycles. The monoisotopic (exact) mass is 656 g/mol. The predicted molar refractivity (Wildman–Crippen MR) is 187 cm³/mol. The van der Waals surface area contributed by atoms with E-state index in [0.29, 0.717) is 42.2 Å². The molecular formula is C38H40N8O3. The van der Waals surface area contributed by atoms with Gasteiger partial charge in [-0.25, -0.2) is 9.97 Å². The van der Waals surface area contributed by atoms with Crippen molar-refractivity contribution in [2.45, 2.75) is 57.4 Å². The molecule has 5 aromatic rings. The molecule has 2 aliphatic carbocycles. The normalized spacial score (nSPS) is 23.1. The molecule has 3 atom stereocenters. The molecule has 10 rings (SSSR count). The largest absolute Gasteiger partial charge is 0.494 e. The fourth-order valence-electron chi connectivity index (χ4n) is 9.02. The Labute approximate surface area is 284 Å². The van der Waals surface area contributed by atoms with Crippen LogP contribution in [0.4, 0.5) is 5.69 Å². The Kier molecular flexibility index (Phi) is 6.40. The van der Waals surface area contributed by atoms with Gasteiger partial charge in [0, 0.05) is 91.2 Å². The topological polar surface area (TPSA) is 124 Å². The van der Waals surface area contributed by atoms with Gasteiger partial charge in [-0.2, -0.15) is 0 Å². The number of methoxy groups -OCH3 is 1. The van der Waals surface area contributed by atoms with Crippen molar-refractivity contribution in [3.63, 3.8) is 0 Å². The van der Waals surface area contributed by atoms with E-state index < -0.39 is 0 Å². The van der Waals surface area contributed by atoms with Crippen LogP contribution in [0.1, 0.15) is 52.0 Å². The van der Waals surface area contributed by atoms with Crippen LogP contribution >= 0.6 is 0 Å². The number of anilines is 1. The number of fused-ring (bicyclic) bond motifs is 5. The maximum absolute atomic E-state index is 14.0. The van der Waals surface area contributed by atoms with Gasteiger partial charge in [0.1, 0.15) is 16.9 Å². The molecular weight excluding hydrogens is 616 g/mol. The van der Waals surface area contributed by atoms with Crippen LogP contribution in [0.5, 0.6) is 5.75 Å². The molecule has 2 bridgehead atoms. The fourth-order valence-corrected chi connectivity index (χ4v) is 9.02. The van der Waals surface area contributed by atoms with Gasteiger partial charge in [-0.1, -0.05) is 6.07 Å². The molecule has 4 fully saturated rings. The number of amides is 2. The van der Waals surface area contributed by atoms with Crippen molar-refractivity contribution in [1.82, 2.24) is 29.3 Å². The van der Waals surface area contributed by atoms with Gasteiger partial charge in [0.05, 0.1) is 18.3 Å². The molecule has 49 heavy (non-hydrogen) atoms. The Hall–Kier alpha value is -4.90. The van der Waals surface area contributed by atoms with E-state index in [0.717, 1.165) is 89.4 Å². The molecule has 3 aliphatic heterocycles. The lowest BCUT2D eigenvalue weighted by Gasteiger charge is -2.42. The molecule has 0 radical (unpaired) electrons. The van der Waals surface area contributed by atoms with Crippen LogP contribution in [-0.2, 0) is 19.6 Å². The summed E-state index contributed by atoms with van der Waals surface area (Å²) in [5.74, 6) is 2.90. The van der Waals surface area contributed by atoms with Gasteiger partial charge < -0.3 is 34.7 Å². The van der Waals surface area contributed by atoms with E-state index in [4.69, 9.17) is 20.4 Å². The number of benzene rings is 2. The first-order chi connectivity index (χ1) is 23.9. The number of hydrogen-bond donors (Lipinski definition) is 2. The number of rotatable bonds is 8. The first-order valence-corrected chi connectivity index (χ1v) is 17.7. The summed E-state index contributed by atoms with van der Waals surface area (Å²) in [6.45, 7) is 4.67. The van der Waals surface area contributed by atoms with Gasteiger partial charge in [0.2, 0.25) is 0 Å². The molecule has 5 aliphatic rings. The van der Waals surface area contributed by atoms with Crippen LogP contribution < -0.4 is 20.7 Å². The number of carbonyl (C=O) groups excluding carboxylic acids is 2. The molecule has 3 aromatic heterocycles. The highest BCUT2D eigenvalue weighted by molar-refractivity contribution is 6.01. The van der Waals surface area contributed by atoms with Crippen molar-refractivity contribution in [3.8, 4) is 17.3 Å². The van der Waals surface area contributed by atoms with E-state index in [-0.39, 0.29) is 23.9 Å². The van der Waals surface area contributed by atoms with Gasteiger partial charge in [-0.05, 0) is 80.0 Å². The maximum Gasteiger partial charge on any atom is 0.254 e. The first kappa shape index (κ1) is 29.1. The third-order valence-electron chi connectivity index (χ3n) is 11.8. The van der Waals surface area contributed by atoms with Crippen LogP contribution in [0.3, 0.4) is 0 Å². The summed E-state index contributed by atoms with van der Waals surface area (Å²) in [6, 6.07) is 16.3. The molecule has 2 saturated carbocycles. The van der Waals surface area contributed by atoms with E-state index in [1.807, 2.05) is 41.4 Å². The van der Waals surface area contributed by atoms with Gasteiger partial charge in [-0.3, -0.25) is 9.59 Å². The Balaban J connectivity index is 1.06. The molecule has 11 nitrogen and oxygen atoms in total. The van der Waals surface area contributed by atoms with Crippen LogP contribution in [0.25, 0.3) is 33.6 Å². The number of imidazole rings is 1. The highest BCUT2D eigenvalue weighted by atomic mass is 16.5. The quantitative estimate of drug-likeness (QED) is 0.254. The van der Waals surface area contributed by atoms with E-state index in [9.17, 15) is 9.59 Å². The third-order valence-corrected chi connectivity index (χ3v) is 11.8. The summed E-state index contributed by atoms with van der Waals surface area (Å²) >= 11 is 0. The van der Waals surface area contributed by atoms with Gasteiger partial charge in [0.25, 0.3) is 11.8 Å². The predicted octanol–water partition coefficient (Wildman–Crippen LogP) is 4.41. The number of nitrogens with zero attached hydrogens (tertiary/aromatic N) is 6. The molecule has 0 spiro atoms.